The van der Waals surface area contributed by atoms with Gasteiger partial charge < -0.3 is 19.4 Å². The average Bonchev–Trinajstić information content (AvgIpc) is 3.06. The Balaban J connectivity index is 2.12. The number of aliphatic carboxylic acids is 1. The highest BCUT2D eigenvalue weighted by atomic mass is 32.1. The molecular weight excluding hydrogens is 362 g/mol. The van der Waals surface area contributed by atoms with Crippen LogP contribution in [0.25, 0.3) is 21.9 Å². The number of nitrogens with zero attached hydrogens (tertiary/aromatic N) is 1. The largest absolute Gasteiger partial charge is 0.550 e. The summed E-state index contributed by atoms with van der Waals surface area (Å²) in [5.74, 6) is 0.0104. The molecule has 1 aromatic heterocycles. The fraction of sp³-hybridized carbons (Fsp3) is 0.238. The fourth-order valence-electron chi connectivity index (χ4n) is 2.71. The Labute approximate surface area is 161 Å². The fourth-order valence-corrected chi connectivity index (χ4v) is 3.69. The summed E-state index contributed by atoms with van der Waals surface area (Å²) in [7, 11) is 1.58. The van der Waals surface area contributed by atoms with Crippen LogP contribution in [0.5, 0.6) is 11.5 Å². The molecule has 6 heteroatoms. The normalized spacial score (nSPS) is 11.8. The van der Waals surface area contributed by atoms with Gasteiger partial charge in [-0.3, -0.25) is 0 Å². The van der Waals surface area contributed by atoms with E-state index in [0.29, 0.717) is 22.1 Å². The topological polar surface area (TPSA) is 71.5 Å². The lowest BCUT2D eigenvalue weighted by atomic mass is 10.1. The van der Waals surface area contributed by atoms with Crippen LogP contribution in [0.3, 0.4) is 0 Å². The molecule has 0 fully saturated rings. The second-order valence-electron chi connectivity index (χ2n) is 6.25. The predicted octanol–water partition coefficient (Wildman–Crippen LogP) is 3.77. The molecule has 0 unspecified atom stereocenters. The highest BCUT2D eigenvalue weighted by molar-refractivity contribution is 7.19. The number of rotatable bonds is 7. The number of hydrogen-bond acceptors (Lipinski definition) is 6. The number of aromatic nitrogens is 1. The molecule has 5 nitrogen and oxygen atoms in total. The van der Waals surface area contributed by atoms with Gasteiger partial charge in [-0.1, -0.05) is 24.3 Å². The number of carbonyl (C=O) groups is 1. The molecule has 0 amide bonds. The smallest absolute Gasteiger partial charge is 0.168 e. The number of para-hydroxylation sites is 2. The van der Waals surface area contributed by atoms with E-state index in [4.69, 9.17) is 9.47 Å². The molecule has 0 aliphatic carbocycles. The molecule has 0 N–H and O–H groups in total. The number of carbonyl (C=O) groups excluding carboxylic acids is 1. The van der Waals surface area contributed by atoms with E-state index in [1.807, 2.05) is 56.3 Å². The number of carboxylic acids is 1. The average molecular weight is 382 g/mol. The van der Waals surface area contributed by atoms with Gasteiger partial charge in [0.1, 0.15) is 5.01 Å². The van der Waals surface area contributed by atoms with E-state index in [1.54, 1.807) is 13.2 Å². The number of carboxylic acid groups (broad SMARTS) is 1. The van der Waals surface area contributed by atoms with Crippen molar-refractivity contribution in [2.24, 2.45) is 0 Å². The number of fused-ring (bicyclic) bond motifs is 1. The van der Waals surface area contributed by atoms with Crippen molar-refractivity contribution in [3.63, 3.8) is 0 Å². The predicted molar refractivity (Wildman–Crippen MR) is 106 cm³/mol. The minimum Gasteiger partial charge on any atom is -0.550 e. The Morgan fingerprint density at radius 1 is 1.22 bits per heavy atom. The summed E-state index contributed by atoms with van der Waals surface area (Å²) in [5.41, 5.74) is 2.14. The monoisotopic (exact) mass is 382 g/mol. The van der Waals surface area contributed by atoms with E-state index < -0.39 is 5.97 Å². The molecule has 0 saturated heterocycles. The van der Waals surface area contributed by atoms with Crippen molar-refractivity contribution >= 4 is 39.2 Å². The van der Waals surface area contributed by atoms with Gasteiger partial charge in [0.15, 0.2) is 11.5 Å². The molecule has 3 rings (SSSR count). The van der Waals surface area contributed by atoms with Crippen molar-refractivity contribution < 1.29 is 19.4 Å². The van der Waals surface area contributed by atoms with E-state index in [2.05, 4.69) is 4.98 Å². The Morgan fingerprint density at radius 3 is 2.67 bits per heavy atom. The van der Waals surface area contributed by atoms with Crippen LogP contribution in [0.1, 0.15) is 30.8 Å². The maximum Gasteiger partial charge on any atom is 0.168 e. The zero-order valence-electron chi connectivity index (χ0n) is 15.4. The molecule has 0 aliphatic heterocycles. The molecule has 3 aromatic rings. The molecule has 0 bridgehead atoms. The van der Waals surface area contributed by atoms with Gasteiger partial charge in [0.2, 0.25) is 0 Å². The van der Waals surface area contributed by atoms with Gasteiger partial charge in [0.05, 0.1) is 23.4 Å². The van der Waals surface area contributed by atoms with Crippen molar-refractivity contribution in [3.05, 3.63) is 53.0 Å². The molecule has 2 aromatic carbocycles. The lowest BCUT2D eigenvalue weighted by Crippen LogP contribution is -2.22. The van der Waals surface area contributed by atoms with Gasteiger partial charge in [-0.05, 0) is 43.7 Å². The Morgan fingerprint density at radius 2 is 2.00 bits per heavy atom. The number of thiazole rings is 1. The second kappa shape index (κ2) is 8.22. The molecule has 27 heavy (non-hydrogen) atoms. The van der Waals surface area contributed by atoms with E-state index in [1.165, 1.54) is 11.3 Å². The third kappa shape index (κ3) is 4.46. The number of benzene rings is 2. The maximum atomic E-state index is 11.3. The van der Waals surface area contributed by atoms with Crippen molar-refractivity contribution in [1.82, 2.24) is 4.98 Å². The standard InChI is InChI=1S/C21H21NO4S/c1-13(2)26-20-14(7-6-9-17(20)25-3)11-15(12-19(23)24)21-22-16-8-4-5-10-18(16)27-21/h4-11,13H,12H2,1-3H3,(H,23,24)/p-1/b15-11+. The minimum atomic E-state index is -1.16. The van der Waals surface area contributed by atoms with Gasteiger partial charge in [-0.25, -0.2) is 4.98 Å². The highest BCUT2D eigenvalue weighted by Gasteiger charge is 2.14. The van der Waals surface area contributed by atoms with Gasteiger partial charge in [-0.15, -0.1) is 11.3 Å². The zero-order chi connectivity index (χ0) is 19.4. The van der Waals surface area contributed by atoms with Crippen molar-refractivity contribution in [3.8, 4) is 11.5 Å². The maximum absolute atomic E-state index is 11.3. The van der Waals surface area contributed by atoms with E-state index in [-0.39, 0.29) is 12.5 Å². The lowest BCUT2D eigenvalue weighted by Gasteiger charge is -2.16. The van der Waals surface area contributed by atoms with Gasteiger partial charge in [-0.2, -0.15) is 0 Å². The van der Waals surface area contributed by atoms with Crippen LogP contribution >= 0.6 is 11.3 Å². The summed E-state index contributed by atoms with van der Waals surface area (Å²) in [6.07, 6.45) is 1.49. The van der Waals surface area contributed by atoms with Crippen molar-refractivity contribution in [2.75, 3.05) is 7.11 Å². The lowest BCUT2D eigenvalue weighted by molar-refractivity contribution is -0.304. The van der Waals surface area contributed by atoms with E-state index in [9.17, 15) is 9.90 Å². The number of methoxy groups -OCH3 is 1. The van der Waals surface area contributed by atoms with Crippen LogP contribution < -0.4 is 14.6 Å². The summed E-state index contributed by atoms with van der Waals surface area (Å²) >= 11 is 1.45. The Hall–Kier alpha value is -2.86. The molecule has 0 radical (unpaired) electrons. The molecule has 140 valence electrons. The molecule has 1 heterocycles. The first-order valence-corrected chi connectivity index (χ1v) is 9.39. The molecule has 0 saturated carbocycles. The highest BCUT2D eigenvalue weighted by Crippen LogP contribution is 2.36. The summed E-state index contributed by atoms with van der Waals surface area (Å²) in [6.45, 7) is 3.85. The summed E-state index contributed by atoms with van der Waals surface area (Å²) in [4.78, 5) is 15.9. The van der Waals surface area contributed by atoms with Crippen molar-refractivity contribution in [1.29, 1.82) is 0 Å². The summed E-state index contributed by atoms with van der Waals surface area (Å²) < 4.78 is 12.3. The first-order valence-electron chi connectivity index (χ1n) is 8.58. The SMILES string of the molecule is COc1cccc(/C=C(\CC(=O)[O-])c2nc3ccccc3s2)c1OC(C)C. The van der Waals surface area contributed by atoms with E-state index in [0.717, 1.165) is 15.8 Å². The minimum absolute atomic E-state index is 0.0551. The van der Waals surface area contributed by atoms with Crippen LogP contribution in [0, 0.1) is 0 Å². The molecule has 0 aliphatic rings. The molecule has 0 spiro atoms. The summed E-state index contributed by atoms with van der Waals surface area (Å²) in [5, 5.41) is 12.0. The number of hydrogen-bond donors (Lipinski definition) is 0. The summed E-state index contributed by atoms with van der Waals surface area (Å²) in [6, 6.07) is 13.2. The molecular formula is C21H20NO4S-. The third-order valence-electron chi connectivity index (χ3n) is 3.82. The molecule has 0 atom stereocenters. The quantitative estimate of drug-likeness (QED) is 0.622. The van der Waals surface area contributed by atoms with Crippen LogP contribution in [0.4, 0.5) is 0 Å². The first-order chi connectivity index (χ1) is 13.0. The van der Waals surface area contributed by atoms with E-state index >= 15 is 0 Å². The number of ether oxygens (including phenoxy) is 2. The van der Waals surface area contributed by atoms with Gasteiger partial charge >= 0.3 is 0 Å². The second-order valence-corrected chi connectivity index (χ2v) is 7.28. The van der Waals surface area contributed by atoms with Gasteiger partial charge in [0, 0.05) is 18.0 Å². The van der Waals surface area contributed by atoms with Crippen LogP contribution in [-0.4, -0.2) is 24.2 Å². The van der Waals surface area contributed by atoms with Crippen LogP contribution in [-0.2, 0) is 4.79 Å². The Kier molecular flexibility index (Phi) is 5.76. The Bertz CT molecular complexity index is 958. The van der Waals surface area contributed by atoms with Crippen molar-refractivity contribution in [2.45, 2.75) is 26.4 Å². The van der Waals surface area contributed by atoms with Crippen LogP contribution in [0.2, 0.25) is 0 Å². The van der Waals surface area contributed by atoms with Crippen LogP contribution in [0.15, 0.2) is 42.5 Å². The first kappa shape index (κ1) is 18.9. The zero-order valence-corrected chi connectivity index (χ0v) is 16.2. The van der Waals surface area contributed by atoms with Gasteiger partial charge in [0.25, 0.3) is 0 Å². The third-order valence-corrected chi connectivity index (χ3v) is 4.93.